The number of fused-ring (bicyclic) bond motifs is 1. The van der Waals surface area contributed by atoms with Crippen LogP contribution in [-0.4, -0.2) is 28.2 Å². The van der Waals surface area contributed by atoms with E-state index in [0.717, 1.165) is 12.8 Å². The van der Waals surface area contributed by atoms with Gasteiger partial charge in [-0.25, -0.2) is 0 Å². The average molecular weight is 288 g/mol. The zero-order chi connectivity index (χ0) is 15.1. The Labute approximate surface area is 121 Å². The number of nitro groups is 1. The summed E-state index contributed by atoms with van der Waals surface area (Å²) in [5.41, 5.74) is 0.805. The van der Waals surface area contributed by atoms with Gasteiger partial charge < -0.3 is 0 Å². The van der Waals surface area contributed by atoms with E-state index in [1.54, 1.807) is 6.07 Å². The number of carbonyl (C=O) groups excluding carboxylic acids is 2. The monoisotopic (exact) mass is 288 g/mol. The molecular weight excluding hydrogens is 272 g/mol. The van der Waals surface area contributed by atoms with Crippen LogP contribution in [0.5, 0.6) is 0 Å². The summed E-state index contributed by atoms with van der Waals surface area (Å²) in [5.74, 6) is -0.543. The van der Waals surface area contributed by atoms with Gasteiger partial charge in [-0.1, -0.05) is 13.0 Å². The van der Waals surface area contributed by atoms with Crippen molar-refractivity contribution in [2.24, 2.45) is 5.92 Å². The molecule has 6 nitrogen and oxygen atoms in total. The first-order chi connectivity index (χ1) is 10.0. The highest BCUT2D eigenvalue weighted by Crippen LogP contribution is 2.37. The Morgan fingerprint density at radius 1 is 1.33 bits per heavy atom. The smallest absolute Gasteiger partial charge is 0.270 e. The molecule has 1 unspecified atom stereocenters. The van der Waals surface area contributed by atoms with Crippen LogP contribution in [0, 0.1) is 16.0 Å². The Morgan fingerprint density at radius 3 is 2.62 bits per heavy atom. The molecule has 1 aliphatic heterocycles. The molecule has 0 bridgehead atoms. The first-order valence-electron chi connectivity index (χ1n) is 7.17. The van der Waals surface area contributed by atoms with E-state index in [4.69, 9.17) is 0 Å². The largest absolute Gasteiger partial charge is 0.278 e. The molecule has 110 valence electrons. The van der Waals surface area contributed by atoms with E-state index in [1.165, 1.54) is 17.0 Å². The lowest BCUT2D eigenvalue weighted by Crippen LogP contribution is -2.45. The molecule has 1 saturated carbocycles. The van der Waals surface area contributed by atoms with Crippen molar-refractivity contribution in [2.45, 2.75) is 32.1 Å². The van der Waals surface area contributed by atoms with Crippen molar-refractivity contribution in [3.8, 4) is 0 Å². The topological polar surface area (TPSA) is 80.5 Å². The van der Waals surface area contributed by atoms with E-state index in [0.29, 0.717) is 30.0 Å². The quantitative estimate of drug-likeness (QED) is 0.484. The molecule has 3 rings (SSSR count). The van der Waals surface area contributed by atoms with Gasteiger partial charge in [0.1, 0.15) is 0 Å². The van der Waals surface area contributed by atoms with E-state index < -0.39 is 10.8 Å². The fourth-order valence-corrected chi connectivity index (χ4v) is 2.84. The van der Waals surface area contributed by atoms with Gasteiger partial charge in [-0.15, -0.1) is 0 Å². The van der Waals surface area contributed by atoms with Crippen LogP contribution in [-0.2, 0) is 4.79 Å². The van der Waals surface area contributed by atoms with E-state index in [2.05, 4.69) is 0 Å². The van der Waals surface area contributed by atoms with Crippen molar-refractivity contribution in [1.82, 2.24) is 4.90 Å². The van der Waals surface area contributed by atoms with Gasteiger partial charge in [-0.05, 0) is 30.7 Å². The molecule has 0 aromatic heterocycles. The molecule has 0 radical (unpaired) electrons. The summed E-state index contributed by atoms with van der Waals surface area (Å²) in [6.45, 7) is 2.33. The van der Waals surface area contributed by atoms with Crippen molar-refractivity contribution >= 4 is 17.5 Å². The van der Waals surface area contributed by atoms with Gasteiger partial charge in [-0.3, -0.25) is 24.6 Å². The van der Waals surface area contributed by atoms with Crippen molar-refractivity contribution in [2.75, 3.05) is 6.54 Å². The highest BCUT2D eigenvalue weighted by molar-refractivity contribution is 6.11. The Hall–Kier alpha value is -2.24. The molecule has 0 saturated heterocycles. The lowest BCUT2D eigenvalue weighted by molar-refractivity contribution is -0.384. The molecular formula is C15H16N2O4. The van der Waals surface area contributed by atoms with Crippen LogP contribution in [0.25, 0.3) is 0 Å². The Balaban J connectivity index is 2.05. The summed E-state index contributed by atoms with van der Waals surface area (Å²) < 4.78 is 0. The summed E-state index contributed by atoms with van der Waals surface area (Å²) in [7, 11) is 0. The third-order valence-corrected chi connectivity index (χ3v) is 4.21. The van der Waals surface area contributed by atoms with Crippen molar-refractivity contribution < 1.29 is 14.5 Å². The minimum absolute atomic E-state index is 0.113. The van der Waals surface area contributed by atoms with Gasteiger partial charge in [0.25, 0.3) is 11.6 Å². The molecule has 1 aromatic rings. The summed E-state index contributed by atoms with van der Waals surface area (Å²) >= 11 is 0. The fraction of sp³-hybridized carbons (Fsp3) is 0.467. The highest BCUT2D eigenvalue weighted by atomic mass is 16.6. The number of hydrogen-bond acceptors (Lipinski definition) is 4. The molecule has 1 aliphatic carbocycles. The molecule has 0 N–H and O–H groups in total. The zero-order valence-corrected chi connectivity index (χ0v) is 11.7. The first kappa shape index (κ1) is 13.7. The third kappa shape index (κ3) is 2.30. The minimum atomic E-state index is -0.518. The number of carbonyl (C=O) groups is 2. The second kappa shape index (κ2) is 4.95. The van der Waals surface area contributed by atoms with Crippen LogP contribution >= 0.6 is 0 Å². The van der Waals surface area contributed by atoms with Crippen LogP contribution in [0.1, 0.15) is 48.0 Å². The van der Waals surface area contributed by atoms with Crippen LogP contribution in [0.4, 0.5) is 5.69 Å². The molecule has 0 spiro atoms. The van der Waals surface area contributed by atoms with E-state index >= 15 is 0 Å². The molecule has 1 atom stereocenters. The lowest BCUT2D eigenvalue weighted by Gasteiger charge is -2.32. The molecule has 2 aliphatic rings. The van der Waals surface area contributed by atoms with E-state index in [9.17, 15) is 19.7 Å². The number of rotatable bonds is 4. The lowest BCUT2D eigenvalue weighted by atomic mass is 9.86. The van der Waals surface area contributed by atoms with Crippen LogP contribution < -0.4 is 0 Å². The Bertz CT molecular complexity index is 637. The summed E-state index contributed by atoms with van der Waals surface area (Å²) in [4.78, 5) is 36.7. The van der Waals surface area contributed by atoms with Crippen molar-refractivity contribution in [1.29, 1.82) is 0 Å². The Kier molecular flexibility index (Phi) is 3.23. The number of non-ortho nitro benzene ring substituents is 1. The van der Waals surface area contributed by atoms with Crippen molar-refractivity contribution in [3.05, 3.63) is 39.4 Å². The summed E-state index contributed by atoms with van der Waals surface area (Å²) in [5, 5.41) is 10.9. The maximum absolute atomic E-state index is 12.5. The molecule has 1 heterocycles. The summed E-state index contributed by atoms with van der Waals surface area (Å²) in [6.07, 6.45) is 2.66. The first-order valence-corrected chi connectivity index (χ1v) is 7.17. The minimum Gasteiger partial charge on any atom is -0.278 e. The second-order valence-electron chi connectivity index (χ2n) is 5.69. The molecule has 21 heavy (non-hydrogen) atoms. The van der Waals surface area contributed by atoms with Crippen LogP contribution in [0.3, 0.4) is 0 Å². The fourth-order valence-electron chi connectivity index (χ4n) is 2.84. The third-order valence-electron chi connectivity index (χ3n) is 4.21. The van der Waals surface area contributed by atoms with E-state index in [1.807, 2.05) is 6.92 Å². The second-order valence-corrected chi connectivity index (χ2v) is 5.69. The maximum atomic E-state index is 12.5. The average Bonchev–Trinajstić information content (AvgIpc) is 3.27. The number of benzene rings is 1. The van der Waals surface area contributed by atoms with Crippen LogP contribution in [0.2, 0.25) is 0 Å². The number of nitrogens with zero attached hydrogens (tertiary/aromatic N) is 2. The van der Waals surface area contributed by atoms with Gasteiger partial charge in [0.15, 0.2) is 0 Å². The predicted molar refractivity (Wildman–Crippen MR) is 74.9 cm³/mol. The molecule has 1 aromatic carbocycles. The van der Waals surface area contributed by atoms with Gasteiger partial charge >= 0.3 is 0 Å². The van der Waals surface area contributed by atoms with Crippen molar-refractivity contribution in [3.63, 3.8) is 0 Å². The molecule has 2 amide bonds. The van der Waals surface area contributed by atoms with E-state index in [-0.39, 0.29) is 17.5 Å². The maximum Gasteiger partial charge on any atom is 0.270 e. The van der Waals surface area contributed by atoms with Crippen LogP contribution in [0.15, 0.2) is 18.2 Å². The zero-order valence-electron chi connectivity index (χ0n) is 11.7. The highest BCUT2D eigenvalue weighted by Gasteiger charge is 2.40. The van der Waals surface area contributed by atoms with Gasteiger partial charge in [0.05, 0.1) is 16.4 Å². The summed E-state index contributed by atoms with van der Waals surface area (Å²) in [6, 6.07) is 4.21. The van der Waals surface area contributed by atoms with Gasteiger partial charge in [-0.2, -0.15) is 0 Å². The number of hydrogen-bond donors (Lipinski definition) is 0. The van der Waals surface area contributed by atoms with Gasteiger partial charge in [0.2, 0.25) is 5.91 Å². The predicted octanol–water partition coefficient (Wildman–Crippen LogP) is 2.48. The Morgan fingerprint density at radius 2 is 2.05 bits per heavy atom. The molecule has 6 heteroatoms. The number of amides is 2. The molecule has 1 fully saturated rings. The van der Waals surface area contributed by atoms with Gasteiger partial charge in [0, 0.05) is 18.7 Å². The number of nitro benzene ring substituents is 1. The SMILES string of the molecule is CCC1C(=O)N(CC2CC2)C(=O)c2cc([N+](=O)[O-])ccc21. The standard InChI is InChI=1S/C15H16N2O4/c1-2-11-12-6-5-10(17(20)21)7-13(12)15(19)16(14(11)18)8-9-3-4-9/h5-7,9,11H,2-4,8H2,1H3. The normalized spacial score (nSPS) is 21.4. The number of imide groups is 1.